The number of nitrogens with two attached hydrogens (primary N) is 1. The lowest BCUT2D eigenvalue weighted by Crippen LogP contribution is -2.75. The lowest BCUT2D eigenvalue weighted by atomic mass is 9.31. The fraction of sp³-hybridized carbons (Fsp3) is 0.659. The Bertz CT molecular complexity index is 1630. The molecule has 10 atom stereocenters. The van der Waals surface area contributed by atoms with Crippen LogP contribution in [0.4, 0.5) is 0 Å². The fourth-order valence-corrected chi connectivity index (χ4v) is 12.4. The van der Waals surface area contributed by atoms with Crippen LogP contribution in [0.2, 0.25) is 0 Å². The molecule has 7 heteroatoms. The van der Waals surface area contributed by atoms with Gasteiger partial charge in [0.25, 0.3) is 0 Å². The molecule has 1 unspecified atom stereocenters. The van der Waals surface area contributed by atoms with Crippen LogP contribution < -0.4 is 5.73 Å². The van der Waals surface area contributed by atoms with Crippen molar-refractivity contribution in [3.8, 4) is 0 Å². The van der Waals surface area contributed by atoms with Crippen molar-refractivity contribution in [3.63, 3.8) is 0 Å². The second kappa shape index (κ2) is 11.1. The van der Waals surface area contributed by atoms with Crippen LogP contribution in [0.3, 0.4) is 0 Å². The highest BCUT2D eigenvalue weighted by Crippen LogP contribution is 2.84. The number of aryl methyl sites for hydroxylation is 1. The fourth-order valence-electron chi connectivity index (χ4n) is 12.4. The molecule has 0 radical (unpaired) electrons. The average Bonchev–Trinajstić information content (AvgIpc) is 3.52. The van der Waals surface area contributed by atoms with Crippen LogP contribution in [0.1, 0.15) is 100 Å². The van der Waals surface area contributed by atoms with E-state index in [2.05, 4.69) is 67.0 Å². The van der Waals surface area contributed by atoms with Gasteiger partial charge in [-0.15, -0.1) is 0 Å². The number of ether oxygens (including phenoxy) is 2. The summed E-state index contributed by atoms with van der Waals surface area (Å²) in [6.45, 7) is 12.0. The third-order valence-electron chi connectivity index (χ3n) is 14.2. The van der Waals surface area contributed by atoms with E-state index in [1.807, 2.05) is 0 Å². The average molecular weight is 652 g/mol. The van der Waals surface area contributed by atoms with Gasteiger partial charge in [0.15, 0.2) is 5.60 Å². The molecule has 4 fully saturated rings. The highest BCUT2D eigenvalue weighted by molar-refractivity contribution is 5.99. The molecule has 8 aliphatic heterocycles. The Hall–Kier alpha value is -2.90. The topological polar surface area (TPSA) is 85.1 Å². The van der Waals surface area contributed by atoms with Crippen LogP contribution in [-0.2, 0) is 26.3 Å². The summed E-state index contributed by atoms with van der Waals surface area (Å²) >= 11 is 0. The Morgan fingerprint density at radius 1 is 1.02 bits per heavy atom. The number of fused-ring (bicyclic) bond motifs is 2. The van der Waals surface area contributed by atoms with Gasteiger partial charge in [0.1, 0.15) is 11.2 Å². The molecule has 2 spiro atoms. The first-order valence-corrected chi connectivity index (χ1v) is 19.2. The third kappa shape index (κ3) is 3.89. The van der Waals surface area contributed by atoms with Crippen LogP contribution in [0.5, 0.6) is 0 Å². The van der Waals surface area contributed by atoms with Crippen molar-refractivity contribution >= 4 is 11.9 Å². The number of carbonyl (C=O) groups excluding carboxylic acids is 2. The summed E-state index contributed by atoms with van der Waals surface area (Å²) in [4.78, 5) is 34.4. The van der Waals surface area contributed by atoms with Gasteiger partial charge in [-0.2, -0.15) is 0 Å². The molecule has 0 aromatic heterocycles. The lowest BCUT2D eigenvalue weighted by molar-refractivity contribution is -0.271. The van der Waals surface area contributed by atoms with Crippen molar-refractivity contribution in [3.05, 3.63) is 70.1 Å². The second-order valence-corrected chi connectivity index (χ2v) is 16.8. The minimum absolute atomic E-state index is 0.130. The SMILES string of the molecule is CCC[C@@H]1[C@@]2(OC(=O)c3c(CCCN)cccc32)[C@@]23CCC4=C[C@@]12C(=O)O/C3=C\C[C@@H](C)N1C[C@@H]2C[C@@H](CN(C2)C2=CC[C@H](C)C[C@@H]42)C1. The van der Waals surface area contributed by atoms with Gasteiger partial charge in [0, 0.05) is 55.3 Å². The molecular formula is C41H53N3O4. The van der Waals surface area contributed by atoms with Gasteiger partial charge in [0.2, 0.25) is 0 Å². The van der Waals surface area contributed by atoms with E-state index in [1.165, 1.54) is 17.7 Å². The summed E-state index contributed by atoms with van der Waals surface area (Å²) in [6, 6.07) is 6.61. The van der Waals surface area contributed by atoms with Gasteiger partial charge in [-0.1, -0.05) is 56.2 Å². The maximum atomic E-state index is 14.8. The number of allylic oxidation sites excluding steroid dienone is 2. The molecule has 256 valence electrons. The van der Waals surface area contributed by atoms with E-state index >= 15 is 0 Å². The Kier molecular flexibility index (Phi) is 7.16. The van der Waals surface area contributed by atoms with E-state index in [0.29, 0.717) is 41.8 Å². The van der Waals surface area contributed by atoms with Crippen molar-refractivity contribution in [1.29, 1.82) is 0 Å². The standard InChI is InChI=1S/C41H53N3O4/c1-4-7-34-39-20-30-15-16-40(39,41(34)32-10-5-8-29(9-6-17-42)36(32)37(45)48-41)35(47-38(39)46)14-12-26(3)43-21-27-19-28(22-43)24-44(23-27)33-13-11-25(2)18-31(30)33/h5,8,10,13-14,20,25-28,31,34H,4,6-7,9,11-12,15-19,21-24,42H2,1-3H3/b35-14-/t25-,26+,27-,28+,31-,34-,39-,40+,41+/m0/s1. The van der Waals surface area contributed by atoms with E-state index < -0.39 is 16.4 Å². The predicted molar refractivity (Wildman–Crippen MR) is 184 cm³/mol. The van der Waals surface area contributed by atoms with E-state index in [1.54, 1.807) is 0 Å². The summed E-state index contributed by atoms with van der Waals surface area (Å²) < 4.78 is 13.5. The molecule has 7 nitrogen and oxygen atoms in total. The lowest BCUT2D eigenvalue weighted by Gasteiger charge is -2.69. The molecule has 0 amide bonds. The maximum absolute atomic E-state index is 14.8. The number of carbonyl (C=O) groups is 2. The van der Waals surface area contributed by atoms with Crippen molar-refractivity contribution in [1.82, 2.24) is 9.80 Å². The Morgan fingerprint density at radius 3 is 2.60 bits per heavy atom. The zero-order valence-corrected chi connectivity index (χ0v) is 29.1. The van der Waals surface area contributed by atoms with Gasteiger partial charge >= 0.3 is 11.9 Å². The molecule has 8 bridgehead atoms. The Balaban J connectivity index is 1.27. The Morgan fingerprint density at radius 2 is 1.83 bits per heavy atom. The van der Waals surface area contributed by atoms with E-state index in [-0.39, 0.29) is 17.9 Å². The Labute approximate surface area is 285 Å². The van der Waals surface area contributed by atoms with Crippen molar-refractivity contribution in [2.75, 3.05) is 32.7 Å². The highest BCUT2D eigenvalue weighted by atomic mass is 16.6. The molecule has 1 aromatic carbocycles. The summed E-state index contributed by atoms with van der Waals surface area (Å²) in [5.41, 5.74) is 9.04. The summed E-state index contributed by atoms with van der Waals surface area (Å²) in [6.07, 6.45) is 16.5. The van der Waals surface area contributed by atoms with Crippen molar-refractivity contribution in [2.24, 2.45) is 46.2 Å². The first-order chi connectivity index (χ1) is 23.3. The minimum atomic E-state index is -0.925. The number of benzene rings is 1. The van der Waals surface area contributed by atoms with E-state index in [0.717, 1.165) is 101 Å². The van der Waals surface area contributed by atoms with Crippen LogP contribution in [0, 0.1) is 40.4 Å². The number of esters is 2. The number of hydrogen-bond acceptors (Lipinski definition) is 7. The van der Waals surface area contributed by atoms with E-state index in [4.69, 9.17) is 15.2 Å². The zero-order chi connectivity index (χ0) is 33.0. The monoisotopic (exact) mass is 651 g/mol. The summed E-state index contributed by atoms with van der Waals surface area (Å²) in [5, 5.41) is 0. The number of hydrogen-bond donors (Lipinski definition) is 1. The predicted octanol–water partition coefficient (Wildman–Crippen LogP) is 6.48. The molecule has 11 aliphatic rings. The molecule has 2 N–H and O–H groups in total. The van der Waals surface area contributed by atoms with E-state index in [9.17, 15) is 9.59 Å². The van der Waals surface area contributed by atoms with Gasteiger partial charge in [0.05, 0.1) is 11.0 Å². The van der Waals surface area contributed by atoms with Gasteiger partial charge in [-0.05, 0) is 101 Å². The van der Waals surface area contributed by atoms with Crippen LogP contribution >= 0.6 is 0 Å². The third-order valence-corrected chi connectivity index (χ3v) is 14.2. The molecule has 3 aliphatic carbocycles. The van der Waals surface area contributed by atoms with Gasteiger partial charge in [-0.3, -0.25) is 9.69 Å². The molecule has 1 aromatic rings. The van der Waals surface area contributed by atoms with Crippen LogP contribution in [0.25, 0.3) is 0 Å². The molecule has 3 saturated heterocycles. The number of rotatable bonds is 5. The molecule has 48 heavy (non-hydrogen) atoms. The summed E-state index contributed by atoms with van der Waals surface area (Å²) in [7, 11) is 0. The van der Waals surface area contributed by atoms with Crippen molar-refractivity contribution in [2.45, 2.75) is 96.6 Å². The smallest absolute Gasteiger partial charge is 0.339 e. The zero-order valence-electron chi connectivity index (χ0n) is 29.1. The van der Waals surface area contributed by atoms with Crippen LogP contribution in [0.15, 0.2) is 53.5 Å². The minimum Gasteiger partial charge on any atom is -0.449 e. The number of nitrogens with zero attached hydrogens (tertiary/aromatic N) is 2. The van der Waals surface area contributed by atoms with Gasteiger partial charge < -0.3 is 20.1 Å². The molecular weight excluding hydrogens is 598 g/mol. The first-order valence-electron chi connectivity index (χ1n) is 19.2. The molecule has 8 heterocycles. The molecule has 12 rings (SSSR count). The maximum Gasteiger partial charge on any atom is 0.339 e. The van der Waals surface area contributed by atoms with Gasteiger partial charge in [-0.25, -0.2) is 4.79 Å². The van der Waals surface area contributed by atoms with Crippen LogP contribution in [-0.4, -0.2) is 60.5 Å². The molecule has 1 saturated carbocycles. The first kappa shape index (κ1) is 31.1. The normalized spacial score (nSPS) is 43.2. The second-order valence-electron chi connectivity index (χ2n) is 16.8. The number of piperidine rings is 2. The quantitative estimate of drug-likeness (QED) is 0.288. The van der Waals surface area contributed by atoms with Crippen molar-refractivity contribution < 1.29 is 19.1 Å². The summed E-state index contributed by atoms with van der Waals surface area (Å²) in [5.74, 6) is 2.50. The largest absolute Gasteiger partial charge is 0.449 e. The highest BCUT2D eigenvalue weighted by Gasteiger charge is 2.91.